The van der Waals surface area contributed by atoms with Gasteiger partial charge in [0.2, 0.25) is 15.9 Å². The molecule has 10 nitrogen and oxygen atoms in total. The number of nitrogens with zero attached hydrogens (tertiary/aromatic N) is 1. The third-order valence-electron chi connectivity index (χ3n) is 9.22. The van der Waals surface area contributed by atoms with Crippen LogP contribution in [0, 0.1) is 11.8 Å². The van der Waals surface area contributed by atoms with Gasteiger partial charge in [-0.2, -0.15) is 4.31 Å². The number of aliphatic hydroxyl groups excluding tert-OH is 2. The van der Waals surface area contributed by atoms with Gasteiger partial charge in [0, 0.05) is 24.5 Å². The molecule has 3 atom stereocenters. The van der Waals surface area contributed by atoms with Crippen molar-refractivity contribution in [3.8, 4) is 0 Å². The topological polar surface area (TPSA) is 145 Å². The van der Waals surface area contributed by atoms with Crippen LogP contribution in [0.4, 0.5) is 4.79 Å². The molecule has 1 fully saturated rings. The van der Waals surface area contributed by atoms with Crippen molar-refractivity contribution in [2.45, 2.75) is 87.9 Å². The number of carbonyl (C=O) groups is 2. The zero-order chi connectivity index (χ0) is 35.4. The zero-order valence-electron chi connectivity index (χ0n) is 28.7. The van der Waals surface area contributed by atoms with E-state index in [1.807, 2.05) is 74.5 Å². The van der Waals surface area contributed by atoms with E-state index in [4.69, 9.17) is 4.74 Å². The number of nitrogens with one attached hydrogen (secondary N) is 2. The second kappa shape index (κ2) is 18.3. The Labute approximate surface area is 290 Å². The Hall–Kier alpha value is -3.77. The molecule has 1 aliphatic carbocycles. The van der Waals surface area contributed by atoms with Gasteiger partial charge < -0.3 is 25.6 Å². The van der Waals surface area contributed by atoms with E-state index in [1.54, 1.807) is 12.1 Å². The summed E-state index contributed by atoms with van der Waals surface area (Å²) in [5.41, 5.74) is 2.35. The average molecular weight is 694 g/mol. The normalized spacial score (nSPS) is 15.2. The fraction of sp³-hybridized carbons (Fsp3) is 0.474. The summed E-state index contributed by atoms with van der Waals surface area (Å²) in [6, 6.07) is 23.5. The molecule has 0 spiro atoms. The Morgan fingerprint density at radius 2 is 1.45 bits per heavy atom. The summed E-state index contributed by atoms with van der Waals surface area (Å²) in [5.74, 6) is -0.282. The maximum absolute atomic E-state index is 14.1. The Morgan fingerprint density at radius 3 is 1.94 bits per heavy atom. The average Bonchev–Trinajstić information content (AvgIpc) is 3.96. The van der Waals surface area contributed by atoms with E-state index in [0.29, 0.717) is 31.2 Å². The van der Waals surface area contributed by atoms with Crippen LogP contribution in [0.1, 0.15) is 75.0 Å². The lowest BCUT2D eigenvalue weighted by Gasteiger charge is -2.31. The van der Waals surface area contributed by atoms with E-state index in [2.05, 4.69) is 10.6 Å². The molecular weight excluding hydrogens is 642 g/mol. The maximum atomic E-state index is 14.1. The van der Waals surface area contributed by atoms with Gasteiger partial charge in [-0.25, -0.2) is 13.2 Å². The predicted octanol–water partition coefficient (Wildman–Crippen LogP) is 5.20. The number of methoxy groups -OCH3 is 1. The molecule has 0 saturated heterocycles. The van der Waals surface area contributed by atoms with Crippen LogP contribution in [-0.2, 0) is 26.2 Å². The second-order valence-electron chi connectivity index (χ2n) is 13.2. The quantitative estimate of drug-likeness (QED) is 0.135. The van der Waals surface area contributed by atoms with Gasteiger partial charge in [0.1, 0.15) is 6.04 Å². The zero-order valence-corrected chi connectivity index (χ0v) is 29.5. The van der Waals surface area contributed by atoms with Gasteiger partial charge in [0.05, 0.1) is 25.2 Å². The van der Waals surface area contributed by atoms with Crippen LogP contribution in [0.5, 0.6) is 0 Å². The molecule has 11 heteroatoms. The molecule has 0 radical (unpaired) electrons. The standard InChI is InChI=1S/C38H51N3O7S/c1-27(2)23-24-41(49(46,47)33-21-17-28(25-42)18-22-33)32(26-43)15-10-16-34(29-19-20-29)39-37(44)36(40-38(45)48-3)35(30-11-6-4-7-12-30)31-13-8-5-9-14-31/h4-9,11-14,17-18,21-22,27,29,32,34-36,42-43H,10,15-16,19-20,23-26H2,1-3H3,(H,39,44)(H,40,45)/t32-,34+,36-/m0/s1. The molecule has 0 aliphatic heterocycles. The molecule has 49 heavy (non-hydrogen) atoms. The fourth-order valence-corrected chi connectivity index (χ4v) is 7.93. The highest BCUT2D eigenvalue weighted by atomic mass is 32.2. The van der Waals surface area contributed by atoms with Crippen molar-refractivity contribution in [1.29, 1.82) is 0 Å². The van der Waals surface area contributed by atoms with Crippen LogP contribution in [-0.4, -0.2) is 73.3 Å². The summed E-state index contributed by atoms with van der Waals surface area (Å²) >= 11 is 0. The van der Waals surface area contributed by atoms with Crippen molar-refractivity contribution >= 4 is 22.0 Å². The van der Waals surface area contributed by atoms with E-state index >= 15 is 0 Å². The lowest BCUT2D eigenvalue weighted by molar-refractivity contribution is -0.124. The molecular formula is C38H51N3O7S. The smallest absolute Gasteiger partial charge is 0.407 e. The second-order valence-corrected chi connectivity index (χ2v) is 15.1. The fourth-order valence-electron chi connectivity index (χ4n) is 6.27. The molecule has 1 aliphatic rings. The van der Waals surface area contributed by atoms with Gasteiger partial charge in [-0.15, -0.1) is 0 Å². The van der Waals surface area contributed by atoms with Crippen LogP contribution in [0.2, 0.25) is 0 Å². The van der Waals surface area contributed by atoms with E-state index in [9.17, 15) is 28.2 Å². The van der Waals surface area contributed by atoms with Crippen molar-refractivity contribution in [2.24, 2.45) is 11.8 Å². The monoisotopic (exact) mass is 693 g/mol. The van der Waals surface area contributed by atoms with Crippen molar-refractivity contribution in [3.05, 3.63) is 102 Å². The van der Waals surface area contributed by atoms with E-state index < -0.39 is 34.1 Å². The van der Waals surface area contributed by atoms with Crippen molar-refractivity contribution < 1.29 is 33.0 Å². The van der Waals surface area contributed by atoms with Crippen molar-refractivity contribution in [2.75, 3.05) is 20.3 Å². The molecule has 0 heterocycles. The number of hydrogen-bond donors (Lipinski definition) is 4. The van der Waals surface area contributed by atoms with Gasteiger partial charge in [-0.05, 0) is 79.2 Å². The number of amides is 2. The Bertz CT molecular complexity index is 1530. The molecule has 0 bridgehead atoms. The molecule has 1 saturated carbocycles. The Balaban J connectivity index is 1.52. The number of ether oxygens (including phenoxy) is 1. The minimum Gasteiger partial charge on any atom is -0.453 e. The van der Waals surface area contributed by atoms with E-state index in [1.165, 1.54) is 23.5 Å². The predicted molar refractivity (Wildman–Crippen MR) is 189 cm³/mol. The summed E-state index contributed by atoms with van der Waals surface area (Å²) in [6.45, 7) is 3.79. The summed E-state index contributed by atoms with van der Waals surface area (Å²) in [4.78, 5) is 26.8. The first kappa shape index (κ1) is 38.0. The summed E-state index contributed by atoms with van der Waals surface area (Å²) < 4.78 is 34.0. The number of aliphatic hydroxyl groups is 2. The summed E-state index contributed by atoms with van der Waals surface area (Å²) in [7, 11) is -2.66. The van der Waals surface area contributed by atoms with Gasteiger partial charge in [-0.3, -0.25) is 4.79 Å². The lowest BCUT2D eigenvalue weighted by atomic mass is 9.84. The molecule has 3 aromatic carbocycles. The summed E-state index contributed by atoms with van der Waals surface area (Å²) in [5, 5.41) is 25.9. The third kappa shape index (κ3) is 10.6. The highest BCUT2D eigenvalue weighted by Gasteiger charge is 2.38. The van der Waals surface area contributed by atoms with E-state index in [0.717, 1.165) is 24.0 Å². The van der Waals surface area contributed by atoms with E-state index in [-0.39, 0.29) is 48.4 Å². The van der Waals surface area contributed by atoms with Crippen LogP contribution >= 0.6 is 0 Å². The highest BCUT2D eigenvalue weighted by Crippen LogP contribution is 2.36. The molecule has 0 aromatic heterocycles. The van der Waals surface area contributed by atoms with Crippen LogP contribution in [0.3, 0.4) is 0 Å². The molecule has 0 unspecified atom stereocenters. The number of hydrogen-bond acceptors (Lipinski definition) is 7. The lowest BCUT2D eigenvalue weighted by Crippen LogP contribution is -2.53. The minimum atomic E-state index is -3.92. The highest BCUT2D eigenvalue weighted by molar-refractivity contribution is 7.89. The molecule has 266 valence electrons. The van der Waals surface area contributed by atoms with Gasteiger partial charge >= 0.3 is 6.09 Å². The number of alkyl carbamates (subject to hydrolysis) is 1. The van der Waals surface area contributed by atoms with Gasteiger partial charge in [0.15, 0.2) is 0 Å². The van der Waals surface area contributed by atoms with Gasteiger partial charge in [-0.1, -0.05) is 86.6 Å². The first-order chi connectivity index (χ1) is 23.6. The van der Waals surface area contributed by atoms with Crippen LogP contribution in [0.25, 0.3) is 0 Å². The number of sulfonamides is 1. The number of rotatable bonds is 19. The van der Waals surface area contributed by atoms with Gasteiger partial charge in [0.25, 0.3) is 0 Å². The Morgan fingerprint density at radius 1 is 0.857 bits per heavy atom. The number of carbonyl (C=O) groups excluding carboxylic acids is 2. The molecule has 4 N–H and O–H groups in total. The van der Waals surface area contributed by atoms with Crippen LogP contribution < -0.4 is 10.6 Å². The van der Waals surface area contributed by atoms with Crippen LogP contribution in [0.15, 0.2) is 89.8 Å². The van der Waals surface area contributed by atoms with Crippen molar-refractivity contribution in [1.82, 2.24) is 14.9 Å². The van der Waals surface area contributed by atoms with Crippen molar-refractivity contribution in [3.63, 3.8) is 0 Å². The third-order valence-corrected chi connectivity index (χ3v) is 11.2. The first-order valence-corrected chi connectivity index (χ1v) is 18.6. The number of benzene rings is 3. The molecule has 3 aromatic rings. The molecule has 2 amide bonds. The first-order valence-electron chi connectivity index (χ1n) is 17.2. The minimum absolute atomic E-state index is 0.116. The maximum Gasteiger partial charge on any atom is 0.407 e. The summed E-state index contributed by atoms with van der Waals surface area (Å²) in [6.07, 6.45) is 3.40. The molecule has 4 rings (SSSR count). The largest absolute Gasteiger partial charge is 0.453 e. The SMILES string of the molecule is COC(=O)N[C@H](C(=O)N[C@H](CCC[C@@H](CO)N(CCC(C)C)S(=O)(=O)c1ccc(CO)cc1)C1CC1)C(c1ccccc1)c1ccccc1. The Kier molecular flexibility index (Phi) is 14.2.